The Morgan fingerprint density at radius 2 is 1.75 bits per heavy atom. The Labute approximate surface area is 119 Å². The minimum absolute atomic E-state index is 0.203. The molecule has 0 fully saturated rings. The van der Waals surface area contributed by atoms with Crippen molar-refractivity contribution in [1.29, 1.82) is 0 Å². The summed E-state index contributed by atoms with van der Waals surface area (Å²) >= 11 is 0. The lowest BCUT2D eigenvalue weighted by Crippen LogP contribution is -2.35. The van der Waals surface area contributed by atoms with Crippen molar-refractivity contribution in [1.82, 2.24) is 0 Å². The molecule has 0 N–H and O–H groups in total. The summed E-state index contributed by atoms with van der Waals surface area (Å²) in [6.45, 7) is 11.7. The van der Waals surface area contributed by atoms with E-state index in [1.807, 2.05) is 24.3 Å². The van der Waals surface area contributed by atoms with Crippen molar-refractivity contribution < 1.29 is 0 Å². The molecule has 2 aromatic rings. The zero-order valence-corrected chi connectivity index (χ0v) is 12.0. The molecule has 0 radical (unpaired) electrons. The molecule has 0 amide bonds. The van der Waals surface area contributed by atoms with Gasteiger partial charge in [0, 0.05) is 12.7 Å². The Bertz CT molecular complexity index is 700. The fraction of sp³-hybridized carbons (Fsp3) is 0.235. The smallest absolute Gasteiger partial charge is 0.212 e. The van der Waals surface area contributed by atoms with Gasteiger partial charge >= 0.3 is 0 Å². The van der Waals surface area contributed by atoms with Gasteiger partial charge in [0.1, 0.15) is 6.17 Å². The third-order valence-corrected chi connectivity index (χ3v) is 4.04. The first-order valence-corrected chi connectivity index (χ1v) is 6.73. The molecule has 1 aliphatic rings. The minimum atomic E-state index is 0.203. The van der Waals surface area contributed by atoms with Crippen LogP contribution < -0.4 is 9.80 Å². The van der Waals surface area contributed by atoms with E-state index >= 15 is 0 Å². The number of benzene rings is 2. The van der Waals surface area contributed by atoms with Gasteiger partial charge in [0.05, 0.1) is 17.9 Å². The summed E-state index contributed by atoms with van der Waals surface area (Å²) < 4.78 is 0. The van der Waals surface area contributed by atoms with Gasteiger partial charge in [-0.15, -0.1) is 0 Å². The highest BCUT2D eigenvalue weighted by Gasteiger charge is 2.33. The predicted octanol–water partition coefficient (Wildman–Crippen LogP) is 4.48. The van der Waals surface area contributed by atoms with E-state index in [2.05, 4.69) is 53.7 Å². The fourth-order valence-corrected chi connectivity index (χ4v) is 2.86. The van der Waals surface area contributed by atoms with Crippen molar-refractivity contribution in [3.05, 3.63) is 59.4 Å². The molecule has 0 unspecified atom stereocenters. The molecular weight excluding hydrogens is 246 g/mol. The van der Waals surface area contributed by atoms with Crippen LogP contribution in [0.1, 0.15) is 12.5 Å². The Balaban J connectivity index is 2.25. The van der Waals surface area contributed by atoms with Crippen LogP contribution in [-0.4, -0.2) is 13.2 Å². The standard InChI is InChI=1S/C17H17N3/c1-12-8-5-6-10-15(12)20-13(2)19(4)16-11-7-9-14(18-3)17(16)20/h5-11,13H,1-2,4H3/t13-/m0/s1. The molecule has 3 heteroatoms. The van der Waals surface area contributed by atoms with Gasteiger partial charge in [-0.05, 0) is 31.5 Å². The number of hydrogen-bond acceptors (Lipinski definition) is 2. The lowest BCUT2D eigenvalue weighted by Gasteiger charge is -2.29. The maximum atomic E-state index is 7.43. The molecule has 0 aliphatic carbocycles. The summed E-state index contributed by atoms with van der Waals surface area (Å²) in [6, 6.07) is 14.3. The number of fused-ring (bicyclic) bond motifs is 1. The molecule has 3 rings (SSSR count). The maximum Gasteiger partial charge on any atom is 0.212 e. The van der Waals surface area contributed by atoms with Crippen molar-refractivity contribution in [3.8, 4) is 0 Å². The molecule has 20 heavy (non-hydrogen) atoms. The van der Waals surface area contributed by atoms with Gasteiger partial charge in [-0.25, -0.2) is 4.85 Å². The second kappa shape index (κ2) is 4.57. The van der Waals surface area contributed by atoms with Crippen molar-refractivity contribution in [3.63, 3.8) is 0 Å². The summed E-state index contributed by atoms with van der Waals surface area (Å²) in [7, 11) is 2.08. The molecule has 0 saturated heterocycles. The van der Waals surface area contributed by atoms with E-state index in [9.17, 15) is 0 Å². The highest BCUT2D eigenvalue weighted by Crippen LogP contribution is 2.49. The summed E-state index contributed by atoms with van der Waals surface area (Å²) in [4.78, 5) is 8.18. The van der Waals surface area contributed by atoms with Crippen LogP contribution in [0.4, 0.5) is 22.7 Å². The monoisotopic (exact) mass is 263 g/mol. The summed E-state index contributed by atoms with van der Waals surface area (Å²) in [5.74, 6) is 0. The number of nitrogens with zero attached hydrogens (tertiary/aromatic N) is 3. The Hall–Kier alpha value is -2.47. The highest BCUT2D eigenvalue weighted by atomic mass is 15.4. The molecular formula is C17H17N3. The summed E-state index contributed by atoms with van der Waals surface area (Å²) in [5.41, 5.74) is 5.24. The average molecular weight is 263 g/mol. The largest absolute Gasteiger partial charge is 0.354 e. The topological polar surface area (TPSA) is 10.8 Å². The molecule has 100 valence electrons. The van der Waals surface area contributed by atoms with Crippen LogP contribution in [0.25, 0.3) is 4.85 Å². The van der Waals surface area contributed by atoms with Gasteiger partial charge in [-0.2, -0.15) is 0 Å². The maximum absolute atomic E-state index is 7.43. The first-order valence-electron chi connectivity index (χ1n) is 6.73. The van der Waals surface area contributed by atoms with Crippen molar-refractivity contribution >= 4 is 22.7 Å². The van der Waals surface area contributed by atoms with Crippen molar-refractivity contribution in [2.45, 2.75) is 20.0 Å². The van der Waals surface area contributed by atoms with Crippen LogP contribution in [-0.2, 0) is 0 Å². The van der Waals surface area contributed by atoms with E-state index in [-0.39, 0.29) is 6.17 Å². The van der Waals surface area contributed by atoms with Crippen LogP contribution in [0.2, 0.25) is 0 Å². The van der Waals surface area contributed by atoms with Gasteiger partial charge in [0.2, 0.25) is 5.69 Å². The Kier molecular flexibility index (Phi) is 2.87. The zero-order valence-electron chi connectivity index (χ0n) is 12.0. The van der Waals surface area contributed by atoms with Gasteiger partial charge in [-0.3, -0.25) is 0 Å². The normalized spacial score (nSPS) is 17.0. The molecule has 2 aromatic carbocycles. The van der Waals surface area contributed by atoms with E-state index in [0.717, 1.165) is 11.4 Å². The first kappa shape index (κ1) is 12.6. The Morgan fingerprint density at radius 3 is 2.45 bits per heavy atom. The number of aryl methyl sites for hydroxylation is 1. The Morgan fingerprint density at radius 1 is 1.05 bits per heavy atom. The third kappa shape index (κ3) is 1.65. The van der Waals surface area contributed by atoms with Gasteiger partial charge in [0.15, 0.2) is 0 Å². The van der Waals surface area contributed by atoms with Gasteiger partial charge < -0.3 is 9.80 Å². The first-order chi connectivity index (χ1) is 9.65. The van der Waals surface area contributed by atoms with E-state index < -0.39 is 0 Å². The summed E-state index contributed by atoms with van der Waals surface area (Å²) in [6.07, 6.45) is 0.203. The van der Waals surface area contributed by atoms with Crippen LogP contribution in [0.15, 0.2) is 42.5 Å². The molecule has 3 nitrogen and oxygen atoms in total. The quantitative estimate of drug-likeness (QED) is 0.702. The second-order valence-electron chi connectivity index (χ2n) is 5.16. The highest BCUT2D eigenvalue weighted by molar-refractivity contribution is 5.93. The van der Waals surface area contributed by atoms with Crippen LogP contribution in [0.3, 0.4) is 0 Å². The number of anilines is 3. The predicted molar refractivity (Wildman–Crippen MR) is 83.9 cm³/mol. The van der Waals surface area contributed by atoms with Crippen LogP contribution in [0, 0.1) is 13.5 Å². The summed E-state index contributed by atoms with van der Waals surface area (Å²) in [5, 5.41) is 0. The third-order valence-electron chi connectivity index (χ3n) is 4.04. The second-order valence-corrected chi connectivity index (χ2v) is 5.16. The molecule has 0 saturated carbocycles. The zero-order chi connectivity index (χ0) is 14.3. The fourth-order valence-electron chi connectivity index (χ4n) is 2.86. The minimum Gasteiger partial charge on any atom is -0.354 e. The van der Waals surface area contributed by atoms with Crippen LogP contribution in [0.5, 0.6) is 0 Å². The SMILES string of the molecule is [C-]#[N+]c1cccc2c1N(c1ccccc1C)[C@@H](C)N2C. The molecule has 1 aliphatic heterocycles. The van der Waals surface area contributed by atoms with E-state index in [0.29, 0.717) is 5.69 Å². The lowest BCUT2D eigenvalue weighted by molar-refractivity contribution is 0.733. The molecule has 0 aromatic heterocycles. The van der Waals surface area contributed by atoms with Gasteiger partial charge in [-0.1, -0.05) is 30.3 Å². The molecule has 1 heterocycles. The number of hydrogen-bond donors (Lipinski definition) is 0. The number of para-hydroxylation sites is 2. The average Bonchev–Trinajstić information content (AvgIpc) is 2.72. The van der Waals surface area contributed by atoms with E-state index in [4.69, 9.17) is 6.57 Å². The molecule has 1 atom stereocenters. The van der Waals surface area contributed by atoms with Gasteiger partial charge in [0.25, 0.3) is 0 Å². The van der Waals surface area contributed by atoms with Crippen molar-refractivity contribution in [2.24, 2.45) is 0 Å². The molecule has 0 spiro atoms. The van der Waals surface area contributed by atoms with Crippen LogP contribution >= 0.6 is 0 Å². The molecule has 0 bridgehead atoms. The van der Waals surface area contributed by atoms with E-state index in [1.165, 1.54) is 11.3 Å². The van der Waals surface area contributed by atoms with Crippen molar-refractivity contribution in [2.75, 3.05) is 16.8 Å². The number of rotatable bonds is 1. The van der Waals surface area contributed by atoms with E-state index in [1.54, 1.807) is 0 Å². The lowest BCUT2D eigenvalue weighted by atomic mass is 10.1.